The molecule has 0 aliphatic rings. The van der Waals surface area contributed by atoms with E-state index in [4.69, 9.17) is 4.65 Å². The first-order valence-electron chi connectivity index (χ1n) is 4.05. The van der Waals surface area contributed by atoms with E-state index in [1.807, 2.05) is 0 Å². The van der Waals surface area contributed by atoms with Gasteiger partial charge in [0.2, 0.25) is 0 Å². The molecule has 0 aliphatic carbocycles. The van der Waals surface area contributed by atoms with Gasteiger partial charge in [0, 0.05) is 6.16 Å². The van der Waals surface area contributed by atoms with E-state index in [9.17, 15) is 9.36 Å². The third kappa shape index (κ3) is 7.87. The van der Waals surface area contributed by atoms with Crippen LogP contribution in [0.5, 0.6) is 0 Å². The van der Waals surface area contributed by atoms with E-state index in [0.29, 0.717) is 6.16 Å². The second-order valence-electron chi connectivity index (χ2n) is 3.59. The Kier molecular flexibility index (Phi) is 4.62. The van der Waals surface area contributed by atoms with Gasteiger partial charge in [-0.05, 0) is 27.0 Å². The van der Waals surface area contributed by atoms with Crippen LogP contribution < -0.4 is 0 Å². The van der Waals surface area contributed by atoms with Gasteiger partial charge < -0.3 is 9.22 Å². The van der Waals surface area contributed by atoms with Gasteiger partial charge in [0.15, 0.2) is 0 Å². The molecular weight excluding hydrogens is 174 g/mol. The van der Waals surface area contributed by atoms with Crippen molar-refractivity contribution in [1.82, 2.24) is 0 Å². The monoisotopic (exact) mass is 190 g/mol. The first-order valence-corrected chi connectivity index (χ1v) is 6.83. The molecule has 12 heavy (non-hydrogen) atoms. The van der Waals surface area contributed by atoms with Crippen LogP contribution in [0.1, 0.15) is 6.42 Å². The van der Waals surface area contributed by atoms with Gasteiger partial charge in [0.1, 0.15) is 0 Å². The molecule has 70 valence electrons. The fraction of sp³-hybridized carbons (Fsp3) is 0.857. The normalized spacial score (nSPS) is 11.0. The molecule has 0 saturated carbocycles. The van der Waals surface area contributed by atoms with Crippen LogP contribution >= 0.6 is 7.14 Å². The summed E-state index contributed by atoms with van der Waals surface area (Å²) in [5.74, 6) is -0.256. The first kappa shape index (κ1) is 11.8. The van der Waals surface area contributed by atoms with Crippen LogP contribution in [0.3, 0.4) is 0 Å². The molecule has 3 nitrogen and oxygen atoms in total. The van der Waals surface area contributed by atoms with E-state index in [1.165, 1.54) is 0 Å². The molecule has 0 aromatic carbocycles. The number of rotatable bonds is 4. The van der Waals surface area contributed by atoms with Crippen LogP contribution in [-0.4, -0.2) is 32.4 Å². The van der Waals surface area contributed by atoms with Crippen molar-refractivity contribution in [2.24, 2.45) is 0 Å². The Morgan fingerprint density at radius 1 is 1.42 bits per heavy atom. The lowest BCUT2D eigenvalue weighted by Gasteiger charge is -2.07. The van der Waals surface area contributed by atoms with Crippen LogP contribution in [0.25, 0.3) is 0 Å². The maximum atomic E-state index is 11.2. The van der Waals surface area contributed by atoms with Gasteiger partial charge in [-0.25, -0.2) is 0 Å². The summed E-state index contributed by atoms with van der Waals surface area (Å²) in [5.41, 5.74) is 0. The summed E-state index contributed by atoms with van der Waals surface area (Å²) >= 11 is 0. The van der Waals surface area contributed by atoms with Crippen LogP contribution in [0, 0.1) is 0 Å². The van der Waals surface area contributed by atoms with Crippen molar-refractivity contribution in [1.29, 1.82) is 0 Å². The fourth-order valence-corrected chi connectivity index (χ4v) is 1.40. The Bertz CT molecular complexity index is 197. The van der Waals surface area contributed by atoms with E-state index in [-0.39, 0.29) is 19.3 Å². The molecule has 0 N–H and O–H groups in total. The lowest BCUT2D eigenvalue weighted by Crippen LogP contribution is -2.15. The van der Waals surface area contributed by atoms with E-state index in [2.05, 4.69) is 0 Å². The second kappa shape index (κ2) is 4.71. The predicted molar refractivity (Wildman–Crippen MR) is 52.5 cm³/mol. The average Bonchev–Trinajstić information content (AvgIpc) is 1.80. The molecular formula is C7H16BO3P. The Morgan fingerprint density at radius 2 is 1.92 bits per heavy atom. The molecule has 0 radical (unpaired) electrons. The van der Waals surface area contributed by atoms with Gasteiger partial charge in [-0.3, -0.25) is 4.79 Å². The molecule has 0 saturated heterocycles. The highest BCUT2D eigenvalue weighted by atomic mass is 31.2. The summed E-state index contributed by atoms with van der Waals surface area (Å²) in [4.78, 5) is 11.0. The van der Waals surface area contributed by atoms with Crippen LogP contribution in [0.4, 0.5) is 0 Å². The Balaban J connectivity index is 3.66. The zero-order valence-electron chi connectivity index (χ0n) is 8.16. The Hall–Kier alpha value is -0.235. The van der Waals surface area contributed by atoms with Crippen LogP contribution in [0.15, 0.2) is 0 Å². The van der Waals surface area contributed by atoms with Crippen molar-refractivity contribution in [2.45, 2.75) is 20.1 Å². The van der Waals surface area contributed by atoms with E-state index in [0.717, 1.165) is 0 Å². The largest absolute Gasteiger partial charge is 0.537 e. The molecule has 0 fully saturated rings. The third-order valence-corrected chi connectivity index (χ3v) is 2.52. The van der Waals surface area contributed by atoms with E-state index in [1.54, 1.807) is 27.0 Å². The molecule has 0 aromatic heterocycles. The lowest BCUT2D eigenvalue weighted by molar-refractivity contribution is -0.134. The lowest BCUT2D eigenvalue weighted by atomic mass is 9.75. The molecule has 5 heteroatoms. The van der Waals surface area contributed by atoms with E-state index < -0.39 is 7.14 Å². The number of hydrogen-bond acceptors (Lipinski definition) is 3. The molecule has 0 rings (SSSR count). The minimum atomic E-state index is -2.06. The molecule has 0 amide bonds. The van der Waals surface area contributed by atoms with Gasteiger partial charge in [0.05, 0.1) is 13.6 Å². The molecule has 0 heterocycles. The topological polar surface area (TPSA) is 43.4 Å². The summed E-state index contributed by atoms with van der Waals surface area (Å²) in [6.45, 7) is 6.88. The standard InChI is InChI=1S/C7H16BO3P/c1-8(2)11-7(9)5-6-12(3,4)10/h5-6H2,1-4H3. The third-order valence-electron chi connectivity index (χ3n) is 1.22. The van der Waals surface area contributed by atoms with Crippen LogP contribution in [-0.2, 0) is 14.0 Å². The SMILES string of the molecule is CB(C)OC(=O)CCP(C)(C)=O. The van der Waals surface area contributed by atoms with Crippen molar-refractivity contribution in [2.75, 3.05) is 19.5 Å². The van der Waals surface area contributed by atoms with E-state index >= 15 is 0 Å². The van der Waals surface area contributed by atoms with Gasteiger partial charge in [0.25, 0.3) is 5.97 Å². The number of hydrogen-bond donors (Lipinski definition) is 0. The van der Waals surface area contributed by atoms with Crippen molar-refractivity contribution in [3.63, 3.8) is 0 Å². The first-order chi connectivity index (χ1) is 5.31. The maximum Gasteiger partial charge on any atom is 0.355 e. The molecule has 0 aliphatic heterocycles. The van der Waals surface area contributed by atoms with Gasteiger partial charge in [-0.15, -0.1) is 0 Å². The smallest absolute Gasteiger partial charge is 0.355 e. The summed E-state index contributed by atoms with van der Waals surface area (Å²) in [7, 11) is -2.06. The summed E-state index contributed by atoms with van der Waals surface area (Å²) in [6.07, 6.45) is 0.709. The zero-order chi connectivity index (χ0) is 9.78. The Morgan fingerprint density at radius 3 is 2.25 bits per heavy atom. The highest BCUT2D eigenvalue weighted by Crippen LogP contribution is 2.36. The quantitative estimate of drug-likeness (QED) is 0.501. The van der Waals surface area contributed by atoms with Crippen molar-refractivity contribution in [3.8, 4) is 0 Å². The number of carbonyl (C=O) groups is 1. The number of carbonyl (C=O) groups excluding carboxylic acids is 1. The maximum absolute atomic E-state index is 11.2. The fourth-order valence-electron chi connectivity index (χ4n) is 0.682. The predicted octanol–water partition coefficient (Wildman–Crippen LogP) is 1.79. The average molecular weight is 190 g/mol. The van der Waals surface area contributed by atoms with Gasteiger partial charge in [-0.1, -0.05) is 0 Å². The van der Waals surface area contributed by atoms with Crippen molar-refractivity contribution >= 4 is 20.0 Å². The van der Waals surface area contributed by atoms with Crippen LogP contribution in [0.2, 0.25) is 13.6 Å². The minimum Gasteiger partial charge on any atom is -0.537 e. The van der Waals surface area contributed by atoms with Crippen molar-refractivity contribution < 1.29 is 14.0 Å². The minimum absolute atomic E-state index is 0.0782. The molecule has 0 unspecified atom stereocenters. The highest BCUT2D eigenvalue weighted by Gasteiger charge is 2.13. The van der Waals surface area contributed by atoms with Crippen molar-refractivity contribution in [3.05, 3.63) is 0 Å². The second-order valence-corrected chi connectivity index (χ2v) is 7.18. The van der Waals surface area contributed by atoms with Gasteiger partial charge >= 0.3 is 6.92 Å². The highest BCUT2D eigenvalue weighted by molar-refractivity contribution is 7.62. The summed E-state index contributed by atoms with van der Waals surface area (Å²) < 4.78 is 16.1. The zero-order valence-corrected chi connectivity index (χ0v) is 9.06. The molecule has 0 spiro atoms. The summed E-state index contributed by atoms with van der Waals surface area (Å²) in [6, 6.07) is 0. The van der Waals surface area contributed by atoms with Gasteiger partial charge in [-0.2, -0.15) is 0 Å². The molecule has 0 bridgehead atoms. The molecule has 0 aromatic rings. The molecule has 0 atom stereocenters. The Labute approximate surface area is 74.4 Å². The summed E-state index contributed by atoms with van der Waals surface area (Å²) in [5, 5.41) is 0.